The first kappa shape index (κ1) is 27.8. The van der Waals surface area contributed by atoms with Crippen molar-refractivity contribution >= 4 is 27.9 Å². The maximum absolute atomic E-state index is 11.7. The van der Waals surface area contributed by atoms with Gasteiger partial charge in [0.1, 0.15) is 0 Å². The predicted molar refractivity (Wildman–Crippen MR) is 118 cm³/mol. The quantitative estimate of drug-likeness (QED) is 0.397. The van der Waals surface area contributed by atoms with Gasteiger partial charge in [0.15, 0.2) is 0 Å². The van der Waals surface area contributed by atoms with E-state index in [1.807, 2.05) is 27.7 Å². The largest absolute Gasteiger partial charge is 0.466 e. The number of halogens is 1. The molecule has 2 rings (SSSR count). The van der Waals surface area contributed by atoms with Gasteiger partial charge in [-0.3, -0.25) is 9.59 Å². The fourth-order valence-corrected chi connectivity index (χ4v) is 3.12. The third-order valence-electron chi connectivity index (χ3n) is 5.25. The van der Waals surface area contributed by atoms with Crippen molar-refractivity contribution in [2.24, 2.45) is 23.2 Å². The van der Waals surface area contributed by atoms with Crippen molar-refractivity contribution in [3.63, 3.8) is 0 Å². The van der Waals surface area contributed by atoms with Crippen LogP contribution in [-0.2, 0) is 28.5 Å². The summed E-state index contributed by atoms with van der Waals surface area (Å²) in [7, 11) is 0. The minimum Gasteiger partial charge on any atom is -0.466 e. The number of carbonyl (C=O) groups is 2. The van der Waals surface area contributed by atoms with E-state index in [2.05, 4.69) is 29.1 Å². The SMILES string of the molecule is C=CBr.C=CC(C)(C(=O)OCC)C1CCOC1.CCOC(=O)C(C)C1CCOC1. The number of esters is 2. The van der Waals surface area contributed by atoms with Gasteiger partial charge in [0.2, 0.25) is 0 Å². The van der Waals surface area contributed by atoms with Crippen LogP contribution in [0.2, 0.25) is 0 Å². The van der Waals surface area contributed by atoms with Gasteiger partial charge in [-0.25, -0.2) is 0 Å². The molecule has 0 saturated carbocycles. The van der Waals surface area contributed by atoms with Gasteiger partial charge in [-0.1, -0.05) is 35.5 Å². The maximum atomic E-state index is 11.7. The lowest BCUT2D eigenvalue weighted by molar-refractivity contribution is -0.154. The van der Waals surface area contributed by atoms with Crippen molar-refractivity contribution in [1.29, 1.82) is 0 Å². The van der Waals surface area contributed by atoms with E-state index in [0.29, 0.717) is 32.3 Å². The molecule has 0 spiro atoms. The van der Waals surface area contributed by atoms with Gasteiger partial charge in [-0.15, -0.1) is 6.58 Å². The van der Waals surface area contributed by atoms with E-state index in [4.69, 9.17) is 18.9 Å². The molecule has 2 aliphatic rings. The highest BCUT2D eigenvalue weighted by Gasteiger charge is 2.41. The summed E-state index contributed by atoms with van der Waals surface area (Å²) in [5.41, 5.74) is -0.591. The lowest BCUT2D eigenvalue weighted by Crippen LogP contribution is -2.36. The number of rotatable bonds is 7. The summed E-state index contributed by atoms with van der Waals surface area (Å²) in [5, 5.41) is 0. The summed E-state index contributed by atoms with van der Waals surface area (Å²) in [5.74, 6) is 0.286. The van der Waals surface area contributed by atoms with Crippen LogP contribution in [0.3, 0.4) is 0 Å². The van der Waals surface area contributed by atoms with Crippen LogP contribution in [-0.4, -0.2) is 51.6 Å². The second-order valence-electron chi connectivity index (χ2n) is 7.09. The van der Waals surface area contributed by atoms with Gasteiger partial charge in [0.25, 0.3) is 0 Å². The standard InChI is InChI=1S/C11H18O3.C9H16O3.C2H3Br/c1-4-11(3,10(12)14-5-2)9-6-7-13-8-9;1-3-12-9(10)7(2)8-4-5-11-6-8;1-2-3/h4,9H,1,5-8H2,2-3H3;7-8H,3-6H2,1-2H3;2H,1H2. The Morgan fingerprint density at radius 3 is 2.10 bits per heavy atom. The molecule has 2 fully saturated rings. The highest BCUT2D eigenvalue weighted by Crippen LogP contribution is 2.35. The first-order valence-corrected chi connectivity index (χ1v) is 11.1. The molecule has 2 aliphatic heterocycles. The van der Waals surface area contributed by atoms with E-state index in [0.717, 1.165) is 26.1 Å². The van der Waals surface area contributed by atoms with E-state index in [1.165, 1.54) is 0 Å². The van der Waals surface area contributed by atoms with Crippen LogP contribution in [0.5, 0.6) is 0 Å². The fourth-order valence-electron chi connectivity index (χ4n) is 3.12. The molecule has 0 aliphatic carbocycles. The van der Waals surface area contributed by atoms with Crippen LogP contribution in [0, 0.1) is 23.2 Å². The lowest BCUT2D eigenvalue weighted by Gasteiger charge is -2.28. The Labute approximate surface area is 184 Å². The molecule has 2 saturated heterocycles. The van der Waals surface area contributed by atoms with Gasteiger partial charge in [0.05, 0.1) is 37.8 Å². The summed E-state index contributed by atoms with van der Waals surface area (Å²) < 4.78 is 20.4. The number of hydrogen-bond acceptors (Lipinski definition) is 6. The van der Waals surface area contributed by atoms with Crippen molar-refractivity contribution in [3.8, 4) is 0 Å². The van der Waals surface area contributed by atoms with Gasteiger partial charge < -0.3 is 18.9 Å². The fraction of sp³-hybridized carbons (Fsp3) is 0.727. The monoisotopic (exact) mass is 476 g/mol. The number of hydrogen-bond donors (Lipinski definition) is 0. The Hall–Kier alpha value is -1.18. The van der Waals surface area contributed by atoms with E-state index in [-0.39, 0.29) is 23.8 Å². The molecule has 0 radical (unpaired) electrons. The second-order valence-corrected chi connectivity index (χ2v) is 7.73. The third-order valence-corrected chi connectivity index (χ3v) is 5.25. The van der Waals surface area contributed by atoms with E-state index in [9.17, 15) is 9.59 Å². The van der Waals surface area contributed by atoms with Crippen molar-refractivity contribution < 1.29 is 28.5 Å². The minimum atomic E-state index is -0.591. The molecular formula is C22H37BrO6. The highest BCUT2D eigenvalue weighted by molar-refractivity contribution is 9.11. The van der Waals surface area contributed by atoms with Crippen LogP contribution < -0.4 is 0 Å². The molecule has 0 bridgehead atoms. The second kappa shape index (κ2) is 15.6. The third kappa shape index (κ3) is 9.45. The summed E-state index contributed by atoms with van der Waals surface area (Å²) >= 11 is 2.91. The summed E-state index contributed by atoms with van der Waals surface area (Å²) in [6.45, 7) is 18.2. The molecule has 29 heavy (non-hydrogen) atoms. The smallest absolute Gasteiger partial charge is 0.316 e. The van der Waals surface area contributed by atoms with Crippen molar-refractivity contribution in [1.82, 2.24) is 0 Å². The minimum absolute atomic E-state index is 0.00699. The molecule has 4 unspecified atom stereocenters. The Morgan fingerprint density at radius 1 is 1.14 bits per heavy atom. The van der Waals surface area contributed by atoms with E-state index < -0.39 is 5.41 Å². The average molecular weight is 477 g/mol. The van der Waals surface area contributed by atoms with Crippen LogP contribution in [0.25, 0.3) is 0 Å². The van der Waals surface area contributed by atoms with Crippen molar-refractivity contribution in [3.05, 3.63) is 24.2 Å². The van der Waals surface area contributed by atoms with Gasteiger partial charge in [0, 0.05) is 19.1 Å². The number of ether oxygens (including phenoxy) is 4. The lowest BCUT2D eigenvalue weighted by atomic mass is 9.76. The van der Waals surface area contributed by atoms with Crippen LogP contribution >= 0.6 is 15.9 Å². The Bertz CT molecular complexity index is 498. The average Bonchev–Trinajstić information content (AvgIpc) is 3.42. The predicted octanol–water partition coefficient (Wildman–Crippen LogP) is 4.53. The maximum Gasteiger partial charge on any atom is 0.316 e. The normalized spacial score (nSPS) is 23.2. The number of carbonyl (C=O) groups excluding carboxylic acids is 2. The zero-order valence-electron chi connectivity index (χ0n) is 18.3. The topological polar surface area (TPSA) is 71.1 Å². The molecule has 0 N–H and O–H groups in total. The van der Waals surface area contributed by atoms with E-state index >= 15 is 0 Å². The Morgan fingerprint density at radius 2 is 1.69 bits per heavy atom. The van der Waals surface area contributed by atoms with Gasteiger partial charge in [-0.05, 0) is 44.5 Å². The van der Waals surface area contributed by atoms with Gasteiger partial charge >= 0.3 is 11.9 Å². The highest BCUT2D eigenvalue weighted by atomic mass is 79.9. The zero-order valence-corrected chi connectivity index (χ0v) is 19.9. The molecule has 0 amide bonds. The summed E-state index contributed by atoms with van der Waals surface area (Å²) in [6, 6.07) is 0. The van der Waals surface area contributed by atoms with Crippen LogP contribution in [0.1, 0.15) is 40.5 Å². The van der Waals surface area contributed by atoms with E-state index in [1.54, 1.807) is 11.1 Å². The summed E-state index contributed by atoms with van der Waals surface area (Å²) in [6.07, 6.45) is 3.58. The molecule has 0 aromatic heterocycles. The molecule has 0 aromatic rings. The Balaban J connectivity index is 0.000000481. The Kier molecular flexibility index (Phi) is 15.0. The molecule has 7 heteroatoms. The van der Waals surface area contributed by atoms with Crippen LogP contribution in [0.15, 0.2) is 24.2 Å². The van der Waals surface area contributed by atoms with Crippen molar-refractivity contribution in [2.45, 2.75) is 40.5 Å². The molecular weight excluding hydrogens is 440 g/mol. The molecule has 0 aromatic carbocycles. The van der Waals surface area contributed by atoms with Crippen molar-refractivity contribution in [2.75, 3.05) is 39.6 Å². The molecule has 168 valence electrons. The molecule has 6 nitrogen and oxygen atoms in total. The molecule has 2 heterocycles. The first-order valence-electron chi connectivity index (χ1n) is 10.2. The van der Waals surface area contributed by atoms with Gasteiger partial charge in [-0.2, -0.15) is 0 Å². The first-order chi connectivity index (χ1) is 13.8. The van der Waals surface area contributed by atoms with Crippen LogP contribution in [0.4, 0.5) is 0 Å². The summed E-state index contributed by atoms with van der Waals surface area (Å²) in [4.78, 5) is 24.5. The molecule has 4 atom stereocenters. The zero-order chi connectivity index (χ0) is 22.3.